The third-order valence-corrected chi connectivity index (χ3v) is 6.52. The van der Waals surface area contributed by atoms with E-state index >= 15 is 0 Å². The number of hydroxylamine groups is 2. The van der Waals surface area contributed by atoms with E-state index in [2.05, 4.69) is 43.3 Å². The highest BCUT2D eigenvalue weighted by Gasteiger charge is 2.28. The average Bonchev–Trinajstić information content (AvgIpc) is 2.81. The molecule has 1 atom stereocenters. The Kier molecular flexibility index (Phi) is 8.37. The number of ether oxygens (including phenoxy) is 1. The third kappa shape index (κ3) is 6.60. The molecular formula is C28H38N2O4. The van der Waals surface area contributed by atoms with Gasteiger partial charge in [-0.2, -0.15) is 0 Å². The highest BCUT2D eigenvalue weighted by molar-refractivity contribution is 5.76. The first-order valence-electron chi connectivity index (χ1n) is 12.0. The van der Waals surface area contributed by atoms with Crippen molar-refractivity contribution < 1.29 is 19.2 Å². The molecule has 184 valence electrons. The Morgan fingerprint density at radius 1 is 1.06 bits per heavy atom. The van der Waals surface area contributed by atoms with Gasteiger partial charge in [-0.1, -0.05) is 48.5 Å². The molecule has 0 radical (unpaired) electrons. The molecule has 2 aromatic carbocycles. The summed E-state index contributed by atoms with van der Waals surface area (Å²) in [7, 11) is 3.15. The molecule has 34 heavy (non-hydrogen) atoms. The second-order valence-corrected chi connectivity index (χ2v) is 10.1. The number of amides is 2. The van der Waals surface area contributed by atoms with Crippen LogP contribution in [0.1, 0.15) is 74.1 Å². The largest absolute Gasteiger partial charge is 0.444 e. The first-order chi connectivity index (χ1) is 16.1. The van der Waals surface area contributed by atoms with Crippen molar-refractivity contribution in [2.45, 2.75) is 64.4 Å². The van der Waals surface area contributed by atoms with Crippen molar-refractivity contribution in [3.8, 4) is 0 Å². The Morgan fingerprint density at radius 2 is 1.68 bits per heavy atom. The van der Waals surface area contributed by atoms with Crippen LogP contribution in [0.5, 0.6) is 0 Å². The Bertz CT molecular complexity index is 973. The second kappa shape index (κ2) is 11.0. The zero-order valence-corrected chi connectivity index (χ0v) is 21.3. The molecule has 2 amide bonds. The van der Waals surface area contributed by atoms with E-state index in [-0.39, 0.29) is 17.9 Å². The van der Waals surface area contributed by atoms with E-state index in [0.717, 1.165) is 24.0 Å². The quantitative estimate of drug-likeness (QED) is 0.516. The highest BCUT2D eigenvalue weighted by atomic mass is 16.7. The lowest BCUT2D eigenvalue weighted by molar-refractivity contribution is -0.168. The minimum absolute atomic E-state index is 0.0469. The van der Waals surface area contributed by atoms with Gasteiger partial charge >= 0.3 is 6.09 Å². The van der Waals surface area contributed by atoms with Gasteiger partial charge in [0.25, 0.3) is 0 Å². The van der Waals surface area contributed by atoms with Crippen molar-refractivity contribution in [1.29, 1.82) is 0 Å². The molecule has 0 aliphatic carbocycles. The number of nitrogens with zero attached hydrogens (tertiary/aromatic N) is 2. The summed E-state index contributed by atoms with van der Waals surface area (Å²) in [5, 5.41) is 1.29. The molecule has 1 aliphatic rings. The van der Waals surface area contributed by atoms with Gasteiger partial charge in [0.05, 0.1) is 7.11 Å². The number of hydrogen-bond acceptors (Lipinski definition) is 4. The van der Waals surface area contributed by atoms with Crippen molar-refractivity contribution in [3.05, 3.63) is 70.8 Å². The van der Waals surface area contributed by atoms with Gasteiger partial charge in [0.15, 0.2) is 0 Å². The summed E-state index contributed by atoms with van der Waals surface area (Å²) in [5.41, 5.74) is 4.23. The van der Waals surface area contributed by atoms with E-state index in [1.54, 1.807) is 7.05 Å². The topological polar surface area (TPSA) is 59.1 Å². The van der Waals surface area contributed by atoms with Crippen LogP contribution in [0.25, 0.3) is 0 Å². The lowest BCUT2D eigenvalue weighted by Gasteiger charge is -2.33. The fourth-order valence-corrected chi connectivity index (χ4v) is 4.51. The number of hydrogen-bond donors (Lipinski definition) is 0. The second-order valence-electron chi connectivity index (χ2n) is 10.1. The first kappa shape index (κ1) is 25.8. The van der Waals surface area contributed by atoms with Gasteiger partial charge in [-0.15, -0.1) is 0 Å². The van der Waals surface area contributed by atoms with Crippen LogP contribution >= 0.6 is 0 Å². The zero-order valence-electron chi connectivity index (χ0n) is 21.3. The van der Waals surface area contributed by atoms with Crippen LogP contribution in [0.15, 0.2) is 48.5 Å². The maximum absolute atomic E-state index is 12.7. The standard InChI is InChI=1S/C28H38N2O4/c1-20-9-7-8-10-24(20)25(19-26(31)29(5)33-6)23-13-11-21(12-14-23)22-15-17-30(18-16-22)27(32)34-28(2,3)4/h7-14,22,25H,15-19H2,1-6H3. The maximum atomic E-state index is 12.7. The molecular weight excluding hydrogens is 428 g/mol. The van der Waals surface area contributed by atoms with E-state index in [1.165, 1.54) is 23.3 Å². The number of rotatable bonds is 6. The van der Waals surface area contributed by atoms with Crippen molar-refractivity contribution >= 4 is 12.0 Å². The van der Waals surface area contributed by atoms with Crippen LogP contribution in [0.2, 0.25) is 0 Å². The molecule has 6 nitrogen and oxygen atoms in total. The molecule has 0 N–H and O–H groups in total. The highest BCUT2D eigenvalue weighted by Crippen LogP contribution is 2.34. The summed E-state index contributed by atoms with van der Waals surface area (Å²) in [4.78, 5) is 32.0. The van der Waals surface area contributed by atoms with Crippen LogP contribution in [0.4, 0.5) is 4.79 Å². The van der Waals surface area contributed by atoms with Gasteiger partial charge in [-0.05, 0) is 68.7 Å². The Labute approximate surface area is 203 Å². The molecule has 3 rings (SSSR count). The molecule has 1 fully saturated rings. The summed E-state index contributed by atoms with van der Waals surface area (Å²) < 4.78 is 5.52. The van der Waals surface area contributed by atoms with E-state index in [0.29, 0.717) is 25.4 Å². The minimum Gasteiger partial charge on any atom is -0.444 e. The number of carbonyl (C=O) groups excluding carboxylic acids is 2. The summed E-state index contributed by atoms with van der Waals surface area (Å²) in [6.45, 7) is 9.16. The summed E-state index contributed by atoms with van der Waals surface area (Å²) in [5.74, 6) is 0.301. The van der Waals surface area contributed by atoms with Crippen LogP contribution in [-0.2, 0) is 14.4 Å². The van der Waals surface area contributed by atoms with Gasteiger partial charge in [-0.25, -0.2) is 9.86 Å². The smallest absolute Gasteiger partial charge is 0.410 e. The number of aryl methyl sites for hydroxylation is 1. The molecule has 1 aliphatic heterocycles. The lowest BCUT2D eigenvalue weighted by atomic mass is 9.83. The van der Waals surface area contributed by atoms with Crippen molar-refractivity contribution in [1.82, 2.24) is 9.96 Å². The zero-order chi connectivity index (χ0) is 24.9. The molecule has 1 heterocycles. The Morgan fingerprint density at radius 3 is 2.24 bits per heavy atom. The molecule has 0 saturated carbocycles. The first-order valence-corrected chi connectivity index (χ1v) is 12.0. The van der Waals surface area contributed by atoms with Gasteiger partial charge in [0.2, 0.25) is 5.91 Å². The van der Waals surface area contributed by atoms with E-state index in [4.69, 9.17) is 9.57 Å². The molecule has 1 saturated heterocycles. The van der Waals surface area contributed by atoms with E-state index in [9.17, 15) is 9.59 Å². The fourth-order valence-electron chi connectivity index (χ4n) is 4.51. The molecule has 0 aromatic heterocycles. The van der Waals surface area contributed by atoms with Crippen molar-refractivity contribution in [3.63, 3.8) is 0 Å². The Balaban J connectivity index is 1.72. The lowest BCUT2D eigenvalue weighted by Crippen LogP contribution is -2.41. The third-order valence-electron chi connectivity index (χ3n) is 6.52. The molecule has 2 aromatic rings. The predicted molar refractivity (Wildman–Crippen MR) is 134 cm³/mol. The van der Waals surface area contributed by atoms with E-state index in [1.807, 2.05) is 37.8 Å². The van der Waals surface area contributed by atoms with E-state index < -0.39 is 5.60 Å². The number of carbonyl (C=O) groups is 2. The number of likely N-dealkylation sites (tertiary alicyclic amines) is 1. The summed E-state index contributed by atoms with van der Waals surface area (Å²) in [6, 6.07) is 16.9. The van der Waals surface area contributed by atoms with Gasteiger partial charge in [0, 0.05) is 32.5 Å². The molecule has 1 unspecified atom stereocenters. The van der Waals surface area contributed by atoms with Crippen LogP contribution in [0, 0.1) is 6.92 Å². The van der Waals surface area contributed by atoms with Crippen LogP contribution in [-0.4, -0.2) is 54.8 Å². The molecule has 0 bridgehead atoms. The predicted octanol–water partition coefficient (Wildman–Crippen LogP) is 5.65. The fraction of sp³-hybridized carbons (Fsp3) is 0.500. The number of benzene rings is 2. The van der Waals surface area contributed by atoms with Gasteiger partial charge in [-0.3, -0.25) is 9.63 Å². The van der Waals surface area contributed by atoms with Crippen molar-refractivity contribution in [2.75, 3.05) is 27.2 Å². The SMILES string of the molecule is CON(C)C(=O)CC(c1ccc(C2CCN(C(=O)OC(C)(C)C)CC2)cc1)c1ccccc1C. The average molecular weight is 467 g/mol. The summed E-state index contributed by atoms with van der Waals surface area (Å²) >= 11 is 0. The van der Waals surface area contributed by atoms with Crippen LogP contribution in [0.3, 0.4) is 0 Å². The van der Waals surface area contributed by atoms with Crippen LogP contribution < -0.4 is 0 Å². The molecule has 6 heteroatoms. The normalized spacial score (nSPS) is 15.6. The van der Waals surface area contributed by atoms with Gasteiger partial charge < -0.3 is 9.64 Å². The maximum Gasteiger partial charge on any atom is 0.410 e. The molecule has 0 spiro atoms. The van der Waals surface area contributed by atoms with Crippen molar-refractivity contribution in [2.24, 2.45) is 0 Å². The minimum atomic E-state index is -0.475. The van der Waals surface area contributed by atoms with Gasteiger partial charge in [0.1, 0.15) is 5.60 Å². The number of piperidine rings is 1. The monoisotopic (exact) mass is 466 g/mol. The Hall–Kier alpha value is -2.86. The summed E-state index contributed by atoms with van der Waals surface area (Å²) in [6.07, 6.45) is 1.93.